The number of nitrogens with one attached hydrogen (secondary N) is 4. The molecule has 2 saturated heterocycles. The minimum Gasteiger partial charge on any atom is -0.497 e. The molecule has 3 aromatic carbocycles. The third-order valence-corrected chi connectivity index (χ3v) is 24.5. The van der Waals surface area contributed by atoms with Crippen molar-refractivity contribution in [2.24, 2.45) is 5.92 Å². The molecule has 3 aliphatic rings. The smallest absolute Gasteiger partial charge is 0.497 e. The lowest BCUT2D eigenvalue weighted by molar-refractivity contribution is -0.683. The number of carbonyl (C=O) groups is 1. The molecule has 118 heavy (non-hydrogen) atoms. The van der Waals surface area contributed by atoms with Crippen LogP contribution >= 0.6 is 42.3 Å². The number of H-pyrrole nitrogens is 3. The summed E-state index contributed by atoms with van der Waals surface area (Å²) in [5, 5.41) is 11.7. The first-order valence-electron chi connectivity index (χ1n) is 36.3. The Kier molecular flexibility index (Phi) is 29.1. The van der Waals surface area contributed by atoms with E-state index in [1.807, 2.05) is 71.3 Å². The van der Waals surface area contributed by atoms with Crippen molar-refractivity contribution in [1.82, 2.24) is 78.2 Å². The highest BCUT2D eigenvalue weighted by Gasteiger charge is 2.53. The number of alkyl halides is 2. The highest BCUT2D eigenvalue weighted by atomic mass is 32.7. The highest BCUT2D eigenvalue weighted by molar-refractivity contribution is 8.44. The molecule has 628 valence electrons. The lowest BCUT2D eigenvalue weighted by Crippen LogP contribution is -2.40. The zero-order valence-electron chi connectivity index (χ0n) is 64.4. The van der Waals surface area contributed by atoms with Gasteiger partial charge in [0.25, 0.3) is 11.1 Å². The maximum absolute atomic E-state index is 15.8. The summed E-state index contributed by atoms with van der Waals surface area (Å²) in [5.41, 5.74) is 7.98. The first-order valence-corrected chi connectivity index (χ1v) is 44.1. The Morgan fingerprint density at radius 1 is 0.864 bits per heavy atom. The Hall–Kier alpha value is -9.12. The number of aromatic amines is 3. The number of aliphatic hydroxyl groups is 1. The van der Waals surface area contributed by atoms with Gasteiger partial charge in [-0.3, -0.25) is 62.3 Å². The molecule has 0 radical (unpaired) electrons. The Bertz CT molecular complexity index is 5550. The van der Waals surface area contributed by atoms with E-state index < -0.39 is 109 Å². The molecular weight excluding hydrogens is 1670 g/mol. The number of aliphatic hydroxyl groups excluding tert-OH is 1. The number of fused-ring (bicyclic) bond motifs is 8. The largest absolute Gasteiger partial charge is 0.695 e. The number of thiol groups is 1. The minimum absolute atomic E-state index is 0.00233. The lowest BCUT2D eigenvalue weighted by atomic mass is 9.80. The van der Waals surface area contributed by atoms with Gasteiger partial charge >= 0.3 is 34.1 Å². The van der Waals surface area contributed by atoms with E-state index in [-0.39, 0.29) is 91.2 Å². The fourth-order valence-corrected chi connectivity index (χ4v) is 18.2. The number of nitrogens with two attached hydrogens (primary N) is 1. The van der Waals surface area contributed by atoms with Crippen LogP contribution < -0.4 is 36.2 Å². The molecule has 9 N–H and O–H groups in total. The Balaban J connectivity index is 0.000000169. The Morgan fingerprint density at radius 3 is 2.14 bits per heavy atom. The third-order valence-electron chi connectivity index (χ3n) is 18.6. The number of amides is 1. The van der Waals surface area contributed by atoms with Crippen LogP contribution in [0.3, 0.4) is 0 Å². The molecule has 1 amide bonds. The predicted molar refractivity (Wildman–Crippen MR) is 427 cm³/mol. The van der Waals surface area contributed by atoms with E-state index >= 15 is 4.39 Å². The standard InChI is InChI=1S/C38H45N6O5P.C18H20FN9O8P2S2.C14H17FN5O7P/c1-28(2)44(29(3)4)50(27-47-26-39-5)49-22-21-43-36(42-35-23-40-25-41-37(35)43)24-48-38(30-11-9-8-10-12-30,31-13-17-33(45-6)18-14-31)32-15-19-34(46-7)20-16-32;19-11-9-4-33-37(30,39)32-2-1-27-10(24-8-3-21-6-22-15(8)27)5-34-38(31,40)36-13(11)17(35-9)28-7-23-14-12(28)16(29)26-18(20)25-14;1-5(2)11(22)18-14-17-10-8(12(23)19-14)20(4-16-10)13-9(27-28(24)25)7(15)6(3-21)26-13/h8-20,23,25,28-29H,21-22,24,26-27H2,1-4,6-7H3;3,6-7,9,11,13,17H,1-2,4-5H2,(H5,20,25,26,29,30,31,39,40);4-7,9,13,21H,3H2,1-2H3,(H2-,17,18,19,22,23,24,25)/p+2/t;9-,11-,13-,17-,37?,38?;6-,7-,9-,13-/m.11/s1. The summed E-state index contributed by atoms with van der Waals surface area (Å²) in [6.07, 6.45) is -3.89. The van der Waals surface area contributed by atoms with Crippen molar-refractivity contribution in [3.05, 3.63) is 177 Å². The van der Waals surface area contributed by atoms with E-state index in [1.165, 1.54) is 25.2 Å². The maximum atomic E-state index is 15.8. The molecule has 2 fully saturated rings. The number of aromatic nitrogens is 16. The van der Waals surface area contributed by atoms with Crippen molar-refractivity contribution in [2.75, 3.05) is 64.8 Å². The van der Waals surface area contributed by atoms with E-state index in [1.54, 1.807) is 38.8 Å². The summed E-state index contributed by atoms with van der Waals surface area (Å²) >= 11 is 9.14. The number of nitrogens with zero attached hydrogens (tertiary/aromatic N) is 15. The van der Waals surface area contributed by atoms with Crippen LogP contribution in [0.15, 0.2) is 126 Å². The van der Waals surface area contributed by atoms with Crippen molar-refractivity contribution in [2.45, 2.75) is 135 Å². The first-order chi connectivity index (χ1) is 56.5. The lowest BCUT2D eigenvalue weighted by Gasteiger charge is -2.36. The molecule has 12 atom stereocenters. The summed E-state index contributed by atoms with van der Waals surface area (Å²) in [6.45, 7) is 10.3. The van der Waals surface area contributed by atoms with Crippen LogP contribution in [0.5, 0.6) is 11.5 Å². The van der Waals surface area contributed by atoms with Crippen LogP contribution in [0.4, 0.5) is 20.7 Å². The molecule has 40 nitrogen and oxygen atoms in total. The van der Waals surface area contributed by atoms with E-state index in [9.17, 15) is 37.9 Å². The monoisotopic (exact) mass is 1750 g/mol. The number of anilines is 2. The number of hydrogen-bond acceptors (Lipinski definition) is 30. The fraction of sp³-hybridized carbons (Fsp3) is 0.429. The molecule has 3 aliphatic heterocycles. The van der Waals surface area contributed by atoms with Crippen LogP contribution in [-0.2, 0) is 104 Å². The quantitative estimate of drug-likeness (QED) is 0.00652. The van der Waals surface area contributed by atoms with E-state index in [0.29, 0.717) is 53.5 Å². The topological polar surface area (TPSA) is 485 Å². The number of halogens is 2. The number of imidazole rings is 4. The number of benzene rings is 3. The van der Waals surface area contributed by atoms with Gasteiger partial charge in [0, 0.05) is 29.1 Å². The van der Waals surface area contributed by atoms with Gasteiger partial charge in [-0.05, 0) is 80.5 Å². The van der Waals surface area contributed by atoms with Gasteiger partial charge in [-0.25, -0.2) is 54.4 Å². The number of nitrogen functional groups attached to an aromatic ring is 1. The van der Waals surface area contributed by atoms with Crippen LogP contribution in [0, 0.1) is 12.5 Å². The second-order valence-electron chi connectivity index (χ2n) is 27.1. The predicted octanol–water partition coefficient (Wildman–Crippen LogP) is 8.03. The fourth-order valence-electron chi connectivity index (χ4n) is 13.4. The average molecular weight is 1750 g/mol. The van der Waals surface area contributed by atoms with Crippen molar-refractivity contribution < 1.29 is 97.7 Å². The molecule has 2 bridgehead atoms. The molecular formula is C70H84F2N20O20P4S2+2. The summed E-state index contributed by atoms with van der Waals surface area (Å²) in [4.78, 5) is 106. The van der Waals surface area contributed by atoms with Gasteiger partial charge in [0.05, 0.1) is 59.6 Å². The molecule has 48 heteroatoms. The van der Waals surface area contributed by atoms with Gasteiger partial charge in [0.15, 0.2) is 70.7 Å². The Labute approximate surface area is 683 Å². The number of hydrogen-bond donors (Lipinski definition) is 9. The van der Waals surface area contributed by atoms with Crippen molar-refractivity contribution in [1.29, 1.82) is 0 Å². The van der Waals surface area contributed by atoms with Crippen molar-refractivity contribution >= 4 is 117 Å². The Morgan fingerprint density at radius 2 is 1.50 bits per heavy atom. The zero-order valence-corrected chi connectivity index (χ0v) is 69.6. The summed E-state index contributed by atoms with van der Waals surface area (Å²) in [6, 6.07) is 26.6. The second-order valence-corrected chi connectivity index (χ2v) is 35.2. The molecule has 0 spiro atoms. The minimum atomic E-state index is -4.29. The zero-order chi connectivity index (χ0) is 84.3. The van der Waals surface area contributed by atoms with Crippen molar-refractivity contribution in [3.63, 3.8) is 0 Å². The summed E-state index contributed by atoms with van der Waals surface area (Å²) in [5.74, 6) is 1.54. The number of ether oxygens (including phenoxy) is 6. The SMILES string of the molecule is CC(C)C(=O)Nc1nc2ncn([C@@H]3O[C@H](CO)[C@@H](F)[C@H]3O[P+](=O)O)c2c(=O)[nH]1.Nc1nc2ncn([C@@H]3O[C@@H]4COP(O)(=S)OCC[n+]5c([nH]c6cncnc65)COP(=O)(S)O[C@@H]3[C@@H]4F)c2c(=O)[nH]1.[C-]#[N+]COCP(OCCn1c(COC(c2ccccc2)(c2ccc(OC)cc2)c2ccc(OC)cc2)nc2cncnc21)N(C(C)C)C(C)C. The summed E-state index contributed by atoms with van der Waals surface area (Å²) < 4.78 is 131. The second kappa shape index (κ2) is 38.9. The van der Waals surface area contributed by atoms with Gasteiger partial charge in [-0.15, -0.1) is 9.42 Å². The van der Waals surface area contributed by atoms with Crippen molar-refractivity contribution in [3.8, 4) is 11.5 Å². The normalized spacial score (nSPS) is 22.2. The molecule has 0 saturated carbocycles. The van der Waals surface area contributed by atoms with Gasteiger partial charge < -0.3 is 62.3 Å². The van der Waals surface area contributed by atoms with Gasteiger partial charge in [0.1, 0.15) is 93.6 Å². The molecule has 0 aliphatic carbocycles. The number of rotatable bonds is 25. The summed E-state index contributed by atoms with van der Waals surface area (Å²) in [7, 11) is -0.984. The molecule has 4 unspecified atom stereocenters. The number of methoxy groups -OCH3 is 2. The van der Waals surface area contributed by atoms with E-state index in [4.69, 9.17) is 89.6 Å². The van der Waals surface area contributed by atoms with Crippen LogP contribution in [0.2, 0.25) is 0 Å². The third kappa shape index (κ3) is 20.1. The highest BCUT2D eigenvalue weighted by Crippen LogP contribution is 2.58. The molecule has 11 heterocycles. The van der Waals surface area contributed by atoms with Crippen LogP contribution in [0.1, 0.15) is 82.3 Å². The van der Waals surface area contributed by atoms with Crippen LogP contribution in [0.25, 0.3) is 49.5 Å². The maximum Gasteiger partial charge on any atom is 0.695 e. The average Bonchev–Trinajstić information content (AvgIpc) is 1.65. The first kappa shape index (κ1) is 88.2. The van der Waals surface area contributed by atoms with Crippen LogP contribution in [-0.4, -0.2) is 202 Å². The molecule has 14 rings (SSSR count). The van der Waals surface area contributed by atoms with Gasteiger partial charge in [0.2, 0.25) is 23.6 Å². The number of carbonyl (C=O) groups excluding carboxylic acids is 1. The van der Waals surface area contributed by atoms with E-state index in [2.05, 4.69) is 122 Å². The molecule has 8 aromatic heterocycles. The van der Waals surface area contributed by atoms with Gasteiger partial charge in [-0.1, -0.05) is 85.7 Å². The van der Waals surface area contributed by atoms with Gasteiger partial charge in [-0.2, -0.15) is 9.97 Å². The molecule has 11 aromatic rings. The van der Waals surface area contributed by atoms with E-state index in [0.717, 1.165) is 43.7 Å².